The number of hydrogen-bond acceptors (Lipinski definition) is 3. The number of likely N-dealkylation sites (N-methyl/N-ethyl adjacent to an activating group) is 1. The molecule has 90 valence electrons. The molecule has 15 heavy (non-hydrogen) atoms. The summed E-state index contributed by atoms with van der Waals surface area (Å²) < 4.78 is 0. The molecule has 0 saturated carbocycles. The van der Waals surface area contributed by atoms with E-state index >= 15 is 0 Å². The average molecular weight is 230 g/mol. The van der Waals surface area contributed by atoms with Crippen molar-refractivity contribution in [2.75, 3.05) is 31.1 Å². The first-order chi connectivity index (χ1) is 7.18. The fraction of sp³-hybridized carbons (Fsp3) is 1.00. The molecule has 1 heterocycles. The van der Waals surface area contributed by atoms with Crippen molar-refractivity contribution in [1.82, 2.24) is 4.90 Å². The summed E-state index contributed by atoms with van der Waals surface area (Å²) in [5, 5.41) is 0. The fourth-order valence-corrected chi connectivity index (χ4v) is 3.79. The van der Waals surface area contributed by atoms with Gasteiger partial charge in [0.25, 0.3) is 0 Å². The summed E-state index contributed by atoms with van der Waals surface area (Å²) in [5.41, 5.74) is 6.32. The number of nitrogens with zero attached hydrogens (tertiary/aromatic N) is 1. The van der Waals surface area contributed by atoms with Gasteiger partial charge in [-0.25, -0.2) is 0 Å². The van der Waals surface area contributed by atoms with Gasteiger partial charge < -0.3 is 5.73 Å². The van der Waals surface area contributed by atoms with Crippen LogP contribution in [0.3, 0.4) is 0 Å². The van der Waals surface area contributed by atoms with E-state index in [1.165, 1.54) is 30.9 Å². The number of rotatable bonds is 6. The predicted octanol–water partition coefficient (Wildman–Crippen LogP) is 2.19. The zero-order valence-electron chi connectivity index (χ0n) is 10.5. The lowest BCUT2D eigenvalue weighted by Gasteiger charge is -2.41. The minimum atomic E-state index is 0.308. The summed E-state index contributed by atoms with van der Waals surface area (Å²) in [5.74, 6) is 3.31. The van der Waals surface area contributed by atoms with Crippen LogP contribution < -0.4 is 5.73 Å². The predicted molar refractivity (Wildman–Crippen MR) is 70.4 cm³/mol. The average Bonchev–Trinajstić information content (AvgIpc) is 2.75. The molecule has 3 heteroatoms. The number of nitrogens with two attached hydrogens (primary N) is 1. The van der Waals surface area contributed by atoms with Crippen molar-refractivity contribution >= 4 is 11.8 Å². The van der Waals surface area contributed by atoms with Gasteiger partial charge in [0.05, 0.1) is 0 Å². The highest BCUT2D eigenvalue weighted by Crippen LogP contribution is 2.33. The molecule has 0 radical (unpaired) electrons. The first-order valence-corrected chi connectivity index (χ1v) is 7.37. The molecule has 0 spiro atoms. The van der Waals surface area contributed by atoms with Gasteiger partial charge >= 0.3 is 0 Å². The second-order valence-corrected chi connectivity index (χ2v) is 5.89. The van der Waals surface area contributed by atoms with Crippen LogP contribution in [0.25, 0.3) is 0 Å². The molecular formula is C12H26N2S. The quantitative estimate of drug-likeness (QED) is 0.758. The van der Waals surface area contributed by atoms with Crippen LogP contribution in [0, 0.1) is 5.92 Å². The van der Waals surface area contributed by atoms with Crippen LogP contribution in [-0.4, -0.2) is 41.6 Å². The van der Waals surface area contributed by atoms with Crippen molar-refractivity contribution in [2.24, 2.45) is 11.7 Å². The van der Waals surface area contributed by atoms with Crippen LogP contribution in [0.1, 0.15) is 33.6 Å². The maximum Gasteiger partial charge on any atom is 0.0429 e. The van der Waals surface area contributed by atoms with E-state index in [4.69, 9.17) is 5.73 Å². The minimum Gasteiger partial charge on any atom is -0.329 e. The summed E-state index contributed by atoms with van der Waals surface area (Å²) in [6, 6.07) is 0. The Labute approximate surface area is 99.0 Å². The molecule has 0 aromatic carbocycles. The maximum absolute atomic E-state index is 6.01. The molecule has 0 aromatic heterocycles. The van der Waals surface area contributed by atoms with E-state index in [9.17, 15) is 0 Å². The molecule has 0 amide bonds. The topological polar surface area (TPSA) is 29.3 Å². The molecule has 2 nitrogen and oxygen atoms in total. The molecule has 1 rings (SSSR count). The third kappa shape index (κ3) is 3.11. The van der Waals surface area contributed by atoms with E-state index in [0.717, 1.165) is 19.0 Å². The number of thioether (sulfide) groups is 1. The van der Waals surface area contributed by atoms with Crippen LogP contribution in [0.15, 0.2) is 0 Å². The fourth-order valence-electron chi connectivity index (χ4n) is 2.30. The highest BCUT2D eigenvalue weighted by molar-refractivity contribution is 7.99. The van der Waals surface area contributed by atoms with Gasteiger partial charge in [0.15, 0.2) is 0 Å². The molecule has 1 saturated heterocycles. The van der Waals surface area contributed by atoms with Gasteiger partial charge in [-0.05, 0) is 24.6 Å². The molecule has 1 aliphatic rings. The van der Waals surface area contributed by atoms with Gasteiger partial charge in [0.2, 0.25) is 0 Å². The normalized spacial score (nSPS) is 28.6. The van der Waals surface area contributed by atoms with Gasteiger partial charge in [-0.15, -0.1) is 0 Å². The van der Waals surface area contributed by atoms with Gasteiger partial charge in [-0.2, -0.15) is 11.8 Å². The van der Waals surface area contributed by atoms with Crippen molar-refractivity contribution in [3.63, 3.8) is 0 Å². The molecule has 1 aliphatic heterocycles. The third-order valence-corrected chi connectivity index (χ3v) is 4.98. The van der Waals surface area contributed by atoms with Crippen LogP contribution in [-0.2, 0) is 0 Å². The van der Waals surface area contributed by atoms with Gasteiger partial charge in [0.1, 0.15) is 0 Å². The summed E-state index contributed by atoms with van der Waals surface area (Å²) in [7, 11) is 0. The Bertz CT molecular complexity index is 178. The highest BCUT2D eigenvalue weighted by Gasteiger charge is 2.38. The Kier molecular flexibility index (Phi) is 5.44. The monoisotopic (exact) mass is 230 g/mol. The van der Waals surface area contributed by atoms with Crippen LogP contribution in [0.4, 0.5) is 0 Å². The van der Waals surface area contributed by atoms with E-state index in [1.54, 1.807) is 0 Å². The Balaban J connectivity index is 2.62. The Morgan fingerprint density at radius 2 is 2.20 bits per heavy atom. The first-order valence-electron chi connectivity index (χ1n) is 6.21. The molecule has 0 aliphatic carbocycles. The Morgan fingerprint density at radius 1 is 1.47 bits per heavy atom. The van der Waals surface area contributed by atoms with Crippen molar-refractivity contribution in [3.8, 4) is 0 Å². The summed E-state index contributed by atoms with van der Waals surface area (Å²) in [6.07, 6.45) is 2.54. The van der Waals surface area contributed by atoms with Crippen molar-refractivity contribution in [3.05, 3.63) is 0 Å². The molecular weight excluding hydrogens is 204 g/mol. The summed E-state index contributed by atoms with van der Waals surface area (Å²) in [4.78, 5) is 2.63. The molecule has 1 fully saturated rings. The Morgan fingerprint density at radius 3 is 2.60 bits per heavy atom. The van der Waals surface area contributed by atoms with Crippen molar-refractivity contribution < 1.29 is 0 Å². The first kappa shape index (κ1) is 13.3. The maximum atomic E-state index is 6.01. The lowest BCUT2D eigenvalue weighted by molar-refractivity contribution is 0.104. The van der Waals surface area contributed by atoms with E-state index in [2.05, 4.69) is 37.4 Å². The second-order valence-electron chi connectivity index (χ2n) is 4.78. The Hall–Kier alpha value is 0.270. The van der Waals surface area contributed by atoms with Gasteiger partial charge in [-0.3, -0.25) is 4.90 Å². The van der Waals surface area contributed by atoms with Gasteiger partial charge in [0, 0.05) is 24.4 Å². The van der Waals surface area contributed by atoms with Crippen LogP contribution in [0.2, 0.25) is 0 Å². The van der Waals surface area contributed by atoms with E-state index in [1.807, 2.05) is 0 Å². The van der Waals surface area contributed by atoms with E-state index < -0.39 is 0 Å². The smallest absolute Gasteiger partial charge is 0.0429 e. The lowest BCUT2D eigenvalue weighted by atomic mass is 9.94. The van der Waals surface area contributed by atoms with Crippen LogP contribution >= 0.6 is 11.8 Å². The molecule has 0 aromatic rings. The highest BCUT2D eigenvalue weighted by atomic mass is 32.2. The van der Waals surface area contributed by atoms with Crippen molar-refractivity contribution in [2.45, 2.75) is 39.2 Å². The molecule has 0 bridgehead atoms. The molecule has 2 unspecified atom stereocenters. The number of hydrogen-bond donors (Lipinski definition) is 1. The van der Waals surface area contributed by atoms with E-state index in [0.29, 0.717) is 5.54 Å². The third-order valence-electron chi connectivity index (χ3n) is 3.74. The SMILES string of the molecule is CCC(C)CN(CC)C1(CN)CCSC1. The lowest BCUT2D eigenvalue weighted by Crippen LogP contribution is -2.55. The molecule has 2 N–H and O–H groups in total. The largest absolute Gasteiger partial charge is 0.329 e. The molecule has 2 atom stereocenters. The standard InChI is InChI=1S/C12H26N2S/c1-4-11(3)8-14(5-2)12(9-13)6-7-15-10-12/h11H,4-10,13H2,1-3H3. The zero-order valence-corrected chi connectivity index (χ0v) is 11.3. The summed E-state index contributed by atoms with van der Waals surface area (Å²) in [6.45, 7) is 10.1. The van der Waals surface area contributed by atoms with Gasteiger partial charge in [-0.1, -0.05) is 27.2 Å². The second kappa shape index (κ2) is 6.12. The zero-order chi connectivity index (χ0) is 11.3. The van der Waals surface area contributed by atoms with Crippen molar-refractivity contribution in [1.29, 1.82) is 0 Å². The van der Waals surface area contributed by atoms with Crippen LogP contribution in [0.5, 0.6) is 0 Å². The van der Waals surface area contributed by atoms with E-state index in [-0.39, 0.29) is 0 Å². The summed E-state index contributed by atoms with van der Waals surface area (Å²) >= 11 is 2.06. The minimum absolute atomic E-state index is 0.308.